The number of amides is 3. The van der Waals surface area contributed by atoms with Gasteiger partial charge < -0.3 is 20.3 Å². The summed E-state index contributed by atoms with van der Waals surface area (Å²) in [6, 6.07) is 10.9. The lowest BCUT2D eigenvalue weighted by Gasteiger charge is -2.17. The number of rotatable bonds is 6. The van der Waals surface area contributed by atoms with Gasteiger partial charge in [-0.1, -0.05) is 0 Å². The third-order valence-corrected chi connectivity index (χ3v) is 4.69. The highest BCUT2D eigenvalue weighted by Gasteiger charge is 2.31. The lowest BCUT2D eigenvalue weighted by atomic mass is 10.1. The Balaban J connectivity index is 1.49. The van der Waals surface area contributed by atoms with Crippen molar-refractivity contribution in [3.05, 3.63) is 54.1 Å². The minimum atomic E-state index is -4.43. The molecule has 0 radical (unpaired) electrons. The van der Waals surface area contributed by atoms with Crippen LogP contribution in [0.3, 0.4) is 0 Å². The van der Waals surface area contributed by atoms with Crippen LogP contribution in [-0.4, -0.2) is 31.6 Å². The second-order valence-electron chi connectivity index (χ2n) is 6.91. The Morgan fingerprint density at radius 1 is 1.13 bits per heavy atom. The second-order valence-corrected chi connectivity index (χ2v) is 6.91. The van der Waals surface area contributed by atoms with E-state index in [1.54, 1.807) is 17.0 Å². The van der Waals surface area contributed by atoms with Gasteiger partial charge in [0.2, 0.25) is 5.91 Å². The van der Waals surface area contributed by atoms with E-state index in [9.17, 15) is 22.8 Å². The van der Waals surface area contributed by atoms with Crippen LogP contribution in [-0.2, 0) is 11.0 Å². The predicted octanol–water partition coefficient (Wildman–Crippen LogP) is 4.28. The van der Waals surface area contributed by atoms with E-state index >= 15 is 0 Å². The van der Waals surface area contributed by atoms with Crippen molar-refractivity contribution in [1.29, 1.82) is 0 Å². The van der Waals surface area contributed by atoms with Crippen LogP contribution in [0.4, 0.5) is 29.3 Å². The summed E-state index contributed by atoms with van der Waals surface area (Å²) in [5.74, 6) is 0.627. The highest BCUT2D eigenvalue weighted by molar-refractivity contribution is 5.96. The fraction of sp³-hybridized carbons (Fsp3) is 0.333. The number of ether oxygens (including phenoxy) is 1. The number of carbonyl (C=O) groups excluding carboxylic acids is 2. The Morgan fingerprint density at radius 3 is 2.40 bits per heavy atom. The molecule has 0 spiro atoms. The normalized spacial score (nSPS) is 16.5. The topological polar surface area (TPSA) is 70.7 Å². The summed E-state index contributed by atoms with van der Waals surface area (Å²) in [7, 11) is 0. The van der Waals surface area contributed by atoms with Gasteiger partial charge in [0, 0.05) is 36.8 Å². The summed E-state index contributed by atoms with van der Waals surface area (Å²) >= 11 is 0. The molecule has 3 amide bonds. The molecule has 2 aromatic carbocycles. The number of nitrogens with zero attached hydrogens (tertiary/aromatic N) is 1. The maximum Gasteiger partial charge on any atom is 0.416 e. The number of hydrogen-bond donors (Lipinski definition) is 2. The Bertz CT molecular complexity index is 883. The summed E-state index contributed by atoms with van der Waals surface area (Å²) < 4.78 is 43.1. The van der Waals surface area contributed by atoms with Crippen LogP contribution in [0.25, 0.3) is 0 Å². The maximum absolute atomic E-state index is 12.6. The highest BCUT2D eigenvalue weighted by Crippen LogP contribution is 2.30. The first-order valence-electron chi connectivity index (χ1n) is 9.51. The van der Waals surface area contributed by atoms with Crippen LogP contribution < -0.4 is 20.3 Å². The first-order valence-corrected chi connectivity index (χ1v) is 9.51. The van der Waals surface area contributed by atoms with Gasteiger partial charge in [0.25, 0.3) is 0 Å². The zero-order chi connectivity index (χ0) is 21.7. The molecule has 1 fully saturated rings. The summed E-state index contributed by atoms with van der Waals surface area (Å²) in [6.45, 7) is 3.19. The molecule has 1 heterocycles. The third-order valence-electron chi connectivity index (χ3n) is 4.69. The van der Waals surface area contributed by atoms with Gasteiger partial charge >= 0.3 is 12.2 Å². The Kier molecular flexibility index (Phi) is 6.49. The van der Waals surface area contributed by atoms with Crippen molar-refractivity contribution in [3.63, 3.8) is 0 Å². The minimum Gasteiger partial charge on any atom is -0.494 e. The molecule has 0 aromatic heterocycles. The number of carbonyl (C=O) groups is 2. The van der Waals surface area contributed by atoms with E-state index in [0.717, 1.165) is 23.6 Å². The molecule has 1 aliphatic heterocycles. The van der Waals surface area contributed by atoms with Crippen molar-refractivity contribution < 1.29 is 27.5 Å². The first-order chi connectivity index (χ1) is 14.3. The molecule has 9 heteroatoms. The largest absolute Gasteiger partial charge is 0.494 e. The third kappa shape index (κ3) is 5.43. The standard InChI is InChI=1S/C21H22F3N3O3/c1-2-30-18-9-7-17(8-10-18)27-13-14(11-19(27)28)12-25-20(29)26-16-5-3-15(4-6-16)21(22,23)24/h3-10,14H,2,11-13H2,1H3,(H2,25,26,29). The number of benzene rings is 2. The molecule has 0 bridgehead atoms. The second kappa shape index (κ2) is 9.06. The van der Waals surface area contributed by atoms with Gasteiger partial charge in [-0.2, -0.15) is 13.2 Å². The van der Waals surface area contributed by atoms with E-state index < -0.39 is 17.8 Å². The Morgan fingerprint density at radius 2 is 1.80 bits per heavy atom. The fourth-order valence-electron chi connectivity index (χ4n) is 3.21. The molecule has 0 aliphatic carbocycles. The molecule has 1 saturated heterocycles. The highest BCUT2D eigenvalue weighted by atomic mass is 19.4. The molecule has 1 aliphatic rings. The van der Waals surface area contributed by atoms with Crippen LogP contribution in [0.1, 0.15) is 18.9 Å². The molecule has 30 heavy (non-hydrogen) atoms. The van der Waals surface area contributed by atoms with Crippen molar-refractivity contribution in [2.45, 2.75) is 19.5 Å². The summed E-state index contributed by atoms with van der Waals surface area (Å²) in [4.78, 5) is 26.0. The number of halogens is 3. The van der Waals surface area contributed by atoms with Crippen molar-refractivity contribution in [3.8, 4) is 5.75 Å². The van der Waals surface area contributed by atoms with E-state index in [-0.39, 0.29) is 24.1 Å². The number of hydrogen-bond acceptors (Lipinski definition) is 3. The molecule has 1 atom stereocenters. The predicted molar refractivity (Wildman–Crippen MR) is 107 cm³/mol. The van der Waals surface area contributed by atoms with Crippen molar-refractivity contribution in [2.75, 3.05) is 29.9 Å². The molecule has 2 aromatic rings. The quantitative estimate of drug-likeness (QED) is 0.732. The molecule has 160 valence electrons. The molecule has 2 N–H and O–H groups in total. The zero-order valence-corrected chi connectivity index (χ0v) is 16.3. The number of anilines is 2. The van der Waals surface area contributed by atoms with Gasteiger partial charge in [0.1, 0.15) is 5.75 Å². The van der Waals surface area contributed by atoms with Crippen LogP contribution in [0, 0.1) is 5.92 Å². The molecule has 1 unspecified atom stereocenters. The van der Waals surface area contributed by atoms with Gasteiger partial charge in [-0.05, 0) is 55.5 Å². The van der Waals surface area contributed by atoms with Gasteiger partial charge in [-0.25, -0.2) is 4.79 Å². The van der Waals surface area contributed by atoms with Crippen molar-refractivity contribution >= 4 is 23.3 Å². The van der Waals surface area contributed by atoms with Gasteiger partial charge in [-0.15, -0.1) is 0 Å². The van der Waals surface area contributed by atoms with E-state index in [4.69, 9.17) is 4.74 Å². The fourth-order valence-corrected chi connectivity index (χ4v) is 3.21. The SMILES string of the molecule is CCOc1ccc(N2CC(CNC(=O)Nc3ccc(C(F)(F)F)cc3)CC2=O)cc1. The van der Waals surface area contributed by atoms with Gasteiger partial charge in [0.15, 0.2) is 0 Å². The molecule has 6 nitrogen and oxygen atoms in total. The van der Waals surface area contributed by atoms with Crippen molar-refractivity contribution in [2.24, 2.45) is 5.92 Å². The Labute approximate surface area is 172 Å². The molecular formula is C21H22F3N3O3. The summed E-state index contributed by atoms with van der Waals surface area (Å²) in [5.41, 5.74) is 0.228. The van der Waals surface area contributed by atoms with Crippen LogP contribution in [0.5, 0.6) is 5.75 Å². The summed E-state index contributed by atoms with van der Waals surface area (Å²) in [5, 5.41) is 5.15. The molecule has 3 rings (SSSR count). The van der Waals surface area contributed by atoms with E-state index in [1.807, 2.05) is 19.1 Å². The zero-order valence-electron chi connectivity index (χ0n) is 16.3. The van der Waals surface area contributed by atoms with Crippen LogP contribution >= 0.6 is 0 Å². The summed E-state index contributed by atoms with van der Waals surface area (Å²) in [6.07, 6.45) is -4.13. The lowest BCUT2D eigenvalue weighted by molar-refractivity contribution is -0.137. The smallest absolute Gasteiger partial charge is 0.416 e. The monoisotopic (exact) mass is 421 g/mol. The molecule has 0 saturated carbocycles. The van der Waals surface area contributed by atoms with Crippen LogP contribution in [0.15, 0.2) is 48.5 Å². The van der Waals surface area contributed by atoms with Gasteiger partial charge in [-0.3, -0.25) is 4.79 Å². The average molecular weight is 421 g/mol. The number of alkyl halides is 3. The number of nitrogens with one attached hydrogen (secondary N) is 2. The number of urea groups is 1. The van der Waals surface area contributed by atoms with E-state index in [1.165, 1.54) is 12.1 Å². The minimum absolute atomic E-state index is 0.0332. The van der Waals surface area contributed by atoms with Gasteiger partial charge in [0.05, 0.1) is 12.2 Å². The van der Waals surface area contributed by atoms with Crippen molar-refractivity contribution in [1.82, 2.24) is 5.32 Å². The first kappa shape index (κ1) is 21.5. The average Bonchev–Trinajstić information content (AvgIpc) is 3.08. The lowest BCUT2D eigenvalue weighted by Crippen LogP contribution is -2.34. The molecular weight excluding hydrogens is 399 g/mol. The Hall–Kier alpha value is -3.23. The van der Waals surface area contributed by atoms with Crippen LogP contribution in [0.2, 0.25) is 0 Å². The van der Waals surface area contributed by atoms with E-state index in [2.05, 4.69) is 10.6 Å². The maximum atomic E-state index is 12.6. The van der Waals surface area contributed by atoms with E-state index in [0.29, 0.717) is 19.6 Å².